The van der Waals surface area contributed by atoms with Crippen LogP contribution in [0.4, 0.5) is 0 Å². The van der Waals surface area contributed by atoms with Gasteiger partial charge < -0.3 is 4.57 Å². The summed E-state index contributed by atoms with van der Waals surface area (Å²) in [6.45, 7) is 5.34. The van der Waals surface area contributed by atoms with E-state index in [0.29, 0.717) is 6.04 Å². The Bertz CT molecular complexity index is 823. The number of hydrogen-bond acceptors (Lipinski definition) is 3. The van der Waals surface area contributed by atoms with Gasteiger partial charge in [0, 0.05) is 43.3 Å². The maximum absolute atomic E-state index is 4.83. The first-order valence-corrected chi connectivity index (χ1v) is 8.92. The van der Waals surface area contributed by atoms with E-state index in [0.717, 1.165) is 37.3 Å². The molecule has 1 aliphatic rings. The minimum absolute atomic E-state index is 0.539. The Labute approximate surface area is 143 Å². The van der Waals surface area contributed by atoms with Gasteiger partial charge in [-0.15, -0.1) is 0 Å². The van der Waals surface area contributed by atoms with Crippen molar-refractivity contribution in [1.29, 1.82) is 0 Å². The van der Waals surface area contributed by atoms with Gasteiger partial charge in [0.25, 0.3) is 0 Å². The Kier molecular flexibility index (Phi) is 4.30. The fourth-order valence-corrected chi connectivity index (χ4v) is 3.78. The molecule has 1 saturated heterocycles. The molecule has 3 heterocycles. The summed E-state index contributed by atoms with van der Waals surface area (Å²) in [7, 11) is 0. The number of fused-ring (bicyclic) bond motifs is 1. The van der Waals surface area contributed by atoms with Crippen molar-refractivity contribution in [3.63, 3.8) is 0 Å². The van der Waals surface area contributed by atoms with Gasteiger partial charge in [-0.1, -0.05) is 31.2 Å². The summed E-state index contributed by atoms with van der Waals surface area (Å²) in [6.07, 6.45) is 7.55. The van der Waals surface area contributed by atoms with Gasteiger partial charge in [-0.3, -0.25) is 9.88 Å². The summed E-state index contributed by atoms with van der Waals surface area (Å²) in [5, 5.41) is 1.21. The van der Waals surface area contributed by atoms with Crippen LogP contribution in [0.25, 0.3) is 10.9 Å². The molecule has 4 nitrogen and oxygen atoms in total. The second kappa shape index (κ2) is 6.73. The summed E-state index contributed by atoms with van der Waals surface area (Å²) < 4.78 is 2.37. The van der Waals surface area contributed by atoms with Crippen molar-refractivity contribution in [3.8, 4) is 0 Å². The fourth-order valence-electron chi connectivity index (χ4n) is 3.78. The highest BCUT2D eigenvalue weighted by Gasteiger charge is 2.22. The molecule has 1 unspecified atom stereocenters. The molecule has 0 radical (unpaired) electrons. The van der Waals surface area contributed by atoms with Gasteiger partial charge in [0.15, 0.2) is 0 Å². The highest BCUT2D eigenvalue weighted by molar-refractivity contribution is 5.78. The molecule has 1 aliphatic heterocycles. The SMILES string of the molecule is CCc1nccn1C1CCCN(Cc2ccc3ccccc3n2)C1. The lowest BCUT2D eigenvalue weighted by Gasteiger charge is -2.33. The molecular formula is C20H24N4. The van der Waals surface area contributed by atoms with E-state index in [9.17, 15) is 0 Å². The van der Waals surface area contributed by atoms with Gasteiger partial charge in [-0.05, 0) is 31.5 Å². The molecule has 1 atom stereocenters. The van der Waals surface area contributed by atoms with Gasteiger partial charge in [0.2, 0.25) is 0 Å². The average molecular weight is 320 g/mol. The Hall–Kier alpha value is -2.20. The first-order chi connectivity index (χ1) is 11.8. The van der Waals surface area contributed by atoms with Gasteiger partial charge in [0.05, 0.1) is 11.2 Å². The average Bonchev–Trinajstić information content (AvgIpc) is 3.11. The number of rotatable bonds is 4. The summed E-state index contributed by atoms with van der Waals surface area (Å²) >= 11 is 0. The third-order valence-corrected chi connectivity index (χ3v) is 4.98. The minimum atomic E-state index is 0.539. The number of imidazole rings is 1. The first-order valence-electron chi connectivity index (χ1n) is 8.92. The molecule has 4 rings (SSSR count). The van der Waals surface area contributed by atoms with Crippen LogP contribution < -0.4 is 0 Å². The second-order valence-corrected chi connectivity index (χ2v) is 6.63. The topological polar surface area (TPSA) is 34.0 Å². The van der Waals surface area contributed by atoms with Crippen LogP contribution >= 0.6 is 0 Å². The number of aromatic nitrogens is 3. The Balaban J connectivity index is 1.49. The van der Waals surface area contributed by atoms with E-state index in [2.05, 4.69) is 64.0 Å². The smallest absolute Gasteiger partial charge is 0.108 e. The quantitative estimate of drug-likeness (QED) is 0.732. The highest BCUT2D eigenvalue weighted by atomic mass is 15.2. The molecule has 0 N–H and O–H groups in total. The van der Waals surface area contributed by atoms with E-state index >= 15 is 0 Å². The van der Waals surface area contributed by atoms with Crippen LogP contribution in [0.1, 0.15) is 37.3 Å². The minimum Gasteiger partial charge on any atom is -0.331 e. The summed E-state index contributed by atoms with van der Waals surface area (Å²) in [5.74, 6) is 1.20. The van der Waals surface area contributed by atoms with E-state index in [1.165, 1.54) is 24.1 Å². The molecule has 3 aromatic rings. The monoisotopic (exact) mass is 320 g/mol. The molecular weight excluding hydrogens is 296 g/mol. The summed E-state index contributed by atoms with van der Waals surface area (Å²) in [4.78, 5) is 11.8. The van der Waals surface area contributed by atoms with Crippen molar-refractivity contribution in [3.05, 3.63) is 60.3 Å². The molecule has 4 heteroatoms. The zero-order valence-electron chi connectivity index (χ0n) is 14.2. The van der Waals surface area contributed by atoms with Crippen LogP contribution in [0.5, 0.6) is 0 Å². The second-order valence-electron chi connectivity index (χ2n) is 6.63. The van der Waals surface area contributed by atoms with E-state index in [-0.39, 0.29) is 0 Å². The fraction of sp³-hybridized carbons (Fsp3) is 0.400. The molecule has 124 valence electrons. The lowest BCUT2D eigenvalue weighted by atomic mass is 10.0. The number of benzene rings is 1. The van der Waals surface area contributed by atoms with Gasteiger partial charge in [-0.25, -0.2) is 4.98 Å². The Morgan fingerprint density at radius 2 is 2.08 bits per heavy atom. The molecule has 2 aromatic heterocycles. The number of piperidine rings is 1. The standard InChI is InChI=1S/C20H24N4/c1-2-20-21-11-13-24(20)18-7-5-12-23(15-18)14-17-10-9-16-6-3-4-8-19(16)22-17/h3-4,6,8-11,13,18H,2,5,7,12,14-15H2,1H3. The Morgan fingerprint density at radius 3 is 3.00 bits per heavy atom. The molecule has 0 spiro atoms. The lowest BCUT2D eigenvalue weighted by Crippen LogP contribution is -2.36. The summed E-state index contributed by atoms with van der Waals surface area (Å²) in [5.41, 5.74) is 2.25. The molecule has 0 bridgehead atoms. The number of para-hydroxylation sites is 1. The number of aryl methyl sites for hydroxylation is 1. The van der Waals surface area contributed by atoms with Crippen LogP contribution in [-0.2, 0) is 13.0 Å². The van der Waals surface area contributed by atoms with Crippen molar-refractivity contribution >= 4 is 10.9 Å². The molecule has 24 heavy (non-hydrogen) atoms. The van der Waals surface area contributed by atoms with Crippen LogP contribution in [0.3, 0.4) is 0 Å². The van der Waals surface area contributed by atoms with E-state index in [1.807, 2.05) is 6.20 Å². The van der Waals surface area contributed by atoms with E-state index < -0.39 is 0 Å². The van der Waals surface area contributed by atoms with Gasteiger partial charge in [-0.2, -0.15) is 0 Å². The predicted molar refractivity (Wildman–Crippen MR) is 96.9 cm³/mol. The van der Waals surface area contributed by atoms with Crippen molar-refractivity contribution in [2.75, 3.05) is 13.1 Å². The number of hydrogen-bond donors (Lipinski definition) is 0. The first kappa shape index (κ1) is 15.3. The predicted octanol–water partition coefficient (Wildman–Crippen LogP) is 3.83. The van der Waals surface area contributed by atoms with E-state index in [4.69, 9.17) is 4.98 Å². The molecule has 0 amide bonds. The van der Waals surface area contributed by atoms with Crippen LogP contribution in [-0.4, -0.2) is 32.5 Å². The zero-order valence-corrected chi connectivity index (χ0v) is 14.2. The van der Waals surface area contributed by atoms with Crippen molar-refractivity contribution in [1.82, 2.24) is 19.4 Å². The third-order valence-electron chi connectivity index (χ3n) is 4.98. The summed E-state index contributed by atoms with van der Waals surface area (Å²) in [6, 6.07) is 13.2. The zero-order chi connectivity index (χ0) is 16.4. The number of nitrogens with zero attached hydrogens (tertiary/aromatic N) is 4. The molecule has 0 aliphatic carbocycles. The van der Waals surface area contributed by atoms with Gasteiger partial charge in [0.1, 0.15) is 5.82 Å². The maximum Gasteiger partial charge on any atom is 0.108 e. The molecule has 0 saturated carbocycles. The maximum atomic E-state index is 4.83. The van der Waals surface area contributed by atoms with Crippen LogP contribution in [0, 0.1) is 0 Å². The lowest BCUT2D eigenvalue weighted by molar-refractivity contribution is 0.167. The molecule has 1 fully saturated rings. The van der Waals surface area contributed by atoms with Crippen molar-refractivity contribution in [2.24, 2.45) is 0 Å². The van der Waals surface area contributed by atoms with Crippen molar-refractivity contribution < 1.29 is 0 Å². The largest absolute Gasteiger partial charge is 0.331 e. The number of likely N-dealkylation sites (tertiary alicyclic amines) is 1. The number of pyridine rings is 1. The van der Waals surface area contributed by atoms with E-state index in [1.54, 1.807) is 0 Å². The highest BCUT2D eigenvalue weighted by Crippen LogP contribution is 2.24. The van der Waals surface area contributed by atoms with Gasteiger partial charge >= 0.3 is 0 Å². The van der Waals surface area contributed by atoms with Crippen LogP contribution in [0.2, 0.25) is 0 Å². The third kappa shape index (κ3) is 3.06. The van der Waals surface area contributed by atoms with Crippen LogP contribution in [0.15, 0.2) is 48.8 Å². The van der Waals surface area contributed by atoms with Crippen molar-refractivity contribution in [2.45, 2.75) is 38.8 Å². The Morgan fingerprint density at radius 1 is 1.17 bits per heavy atom. The normalized spacial score (nSPS) is 19.0. The molecule has 1 aromatic carbocycles.